The summed E-state index contributed by atoms with van der Waals surface area (Å²) in [4.78, 5) is 36.3. The molecule has 7 nitrogen and oxygen atoms in total. The molecular weight excluding hydrogens is 418 g/mol. The molecule has 0 bridgehead atoms. The number of benzene rings is 3. The van der Waals surface area contributed by atoms with Crippen LogP contribution in [0, 0.1) is 0 Å². The van der Waals surface area contributed by atoms with Gasteiger partial charge in [0, 0.05) is 31.5 Å². The van der Waals surface area contributed by atoms with Gasteiger partial charge in [-0.25, -0.2) is 5.48 Å². The second-order valence-corrected chi connectivity index (χ2v) is 7.57. The molecule has 3 amide bonds. The average Bonchev–Trinajstić information content (AvgIpc) is 2.87. The van der Waals surface area contributed by atoms with Crippen LogP contribution in [0.4, 0.5) is 0 Å². The summed E-state index contributed by atoms with van der Waals surface area (Å²) in [6, 6.07) is 25.0. The predicted molar refractivity (Wildman–Crippen MR) is 125 cm³/mol. The van der Waals surface area contributed by atoms with E-state index < -0.39 is 5.91 Å². The highest BCUT2D eigenvalue weighted by Crippen LogP contribution is 2.23. The smallest absolute Gasteiger partial charge is 0.251 e. The number of carbonyl (C=O) groups is 3. The molecule has 0 aromatic heterocycles. The maximum atomic E-state index is 13.1. The van der Waals surface area contributed by atoms with Gasteiger partial charge in [-0.2, -0.15) is 0 Å². The van der Waals surface area contributed by atoms with Crippen molar-refractivity contribution in [3.8, 4) is 11.1 Å². The van der Waals surface area contributed by atoms with Crippen LogP contribution in [0.1, 0.15) is 40.7 Å². The lowest BCUT2D eigenvalue weighted by molar-refractivity contribution is -0.129. The van der Waals surface area contributed by atoms with Gasteiger partial charge >= 0.3 is 0 Å². The zero-order chi connectivity index (χ0) is 23.5. The fourth-order valence-corrected chi connectivity index (χ4v) is 3.37. The number of hydrogen-bond acceptors (Lipinski definition) is 4. The van der Waals surface area contributed by atoms with Crippen molar-refractivity contribution in [2.45, 2.75) is 32.4 Å². The molecule has 170 valence electrons. The van der Waals surface area contributed by atoms with Crippen LogP contribution in [0.15, 0.2) is 78.9 Å². The third-order valence-corrected chi connectivity index (χ3v) is 5.17. The van der Waals surface area contributed by atoms with Gasteiger partial charge in [0.25, 0.3) is 5.91 Å². The minimum atomic E-state index is -0.531. The quantitative estimate of drug-likeness (QED) is 0.283. The van der Waals surface area contributed by atoms with E-state index in [1.54, 1.807) is 5.48 Å². The fourth-order valence-electron chi connectivity index (χ4n) is 3.37. The minimum Gasteiger partial charge on any atom is -0.352 e. The van der Waals surface area contributed by atoms with Gasteiger partial charge in [0.2, 0.25) is 11.8 Å². The molecule has 3 aromatic rings. The molecule has 0 heterocycles. The summed E-state index contributed by atoms with van der Waals surface area (Å²) in [7, 11) is 0. The monoisotopic (exact) mass is 445 g/mol. The van der Waals surface area contributed by atoms with Crippen molar-refractivity contribution in [1.29, 1.82) is 0 Å². The Morgan fingerprint density at radius 1 is 0.697 bits per heavy atom. The van der Waals surface area contributed by atoms with Crippen molar-refractivity contribution in [3.63, 3.8) is 0 Å². The number of hydrogen-bond donors (Lipinski definition) is 4. The van der Waals surface area contributed by atoms with Crippen molar-refractivity contribution in [3.05, 3.63) is 95.6 Å². The maximum Gasteiger partial charge on any atom is 0.251 e. The maximum absolute atomic E-state index is 13.1. The van der Waals surface area contributed by atoms with E-state index in [4.69, 9.17) is 5.21 Å². The van der Waals surface area contributed by atoms with Crippen LogP contribution in [-0.4, -0.2) is 22.9 Å². The summed E-state index contributed by atoms with van der Waals surface area (Å²) < 4.78 is 0. The lowest BCUT2D eigenvalue weighted by atomic mass is 9.98. The van der Waals surface area contributed by atoms with E-state index in [0.29, 0.717) is 24.1 Å². The molecule has 0 spiro atoms. The van der Waals surface area contributed by atoms with Crippen LogP contribution in [0.2, 0.25) is 0 Å². The minimum absolute atomic E-state index is 0.0584. The topological polar surface area (TPSA) is 108 Å². The van der Waals surface area contributed by atoms with Gasteiger partial charge < -0.3 is 10.6 Å². The molecule has 0 aliphatic rings. The number of carbonyl (C=O) groups excluding carboxylic acids is 3. The van der Waals surface area contributed by atoms with Crippen LogP contribution in [-0.2, 0) is 22.7 Å². The first-order valence-electron chi connectivity index (χ1n) is 10.8. The normalized spacial score (nSPS) is 10.3. The summed E-state index contributed by atoms with van der Waals surface area (Å²) in [6.45, 7) is 0.585. The fraction of sp³-hybridized carbons (Fsp3) is 0.192. The van der Waals surface area contributed by atoms with E-state index in [0.717, 1.165) is 16.7 Å². The molecule has 0 aliphatic carbocycles. The Labute approximate surface area is 192 Å². The number of rotatable bonds is 10. The molecule has 7 heteroatoms. The molecule has 3 rings (SSSR count). The molecule has 4 N–H and O–H groups in total. The van der Waals surface area contributed by atoms with E-state index in [1.165, 1.54) is 0 Å². The van der Waals surface area contributed by atoms with Gasteiger partial charge in [-0.3, -0.25) is 19.6 Å². The Balaban J connectivity index is 1.72. The van der Waals surface area contributed by atoms with Gasteiger partial charge in [-0.1, -0.05) is 72.8 Å². The summed E-state index contributed by atoms with van der Waals surface area (Å²) in [5.74, 6) is -0.985. The predicted octanol–water partition coefficient (Wildman–Crippen LogP) is 3.58. The molecule has 3 aromatic carbocycles. The van der Waals surface area contributed by atoms with Crippen LogP contribution < -0.4 is 16.1 Å². The van der Waals surface area contributed by atoms with E-state index in [9.17, 15) is 14.4 Å². The van der Waals surface area contributed by atoms with E-state index in [-0.39, 0.29) is 31.2 Å². The Morgan fingerprint density at radius 3 is 2.06 bits per heavy atom. The van der Waals surface area contributed by atoms with Crippen LogP contribution in [0.25, 0.3) is 11.1 Å². The molecule has 0 fully saturated rings. The Kier molecular flexibility index (Phi) is 8.73. The molecule has 0 atom stereocenters. The van der Waals surface area contributed by atoms with Crippen LogP contribution >= 0.6 is 0 Å². The molecule has 0 unspecified atom stereocenters. The number of nitrogens with one attached hydrogen (secondary N) is 3. The Hall–Kier alpha value is -3.97. The van der Waals surface area contributed by atoms with Gasteiger partial charge in [0.15, 0.2) is 0 Å². The van der Waals surface area contributed by atoms with Gasteiger partial charge in [-0.05, 0) is 34.7 Å². The SMILES string of the molecule is O=C(CCCC(=O)NCc1ccc(-c2ccccc2)cc1C(=O)NCc1ccccc1)NO. The van der Waals surface area contributed by atoms with Gasteiger partial charge in [0.05, 0.1) is 0 Å². The third-order valence-electron chi connectivity index (χ3n) is 5.17. The lowest BCUT2D eigenvalue weighted by Gasteiger charge is -2.14. The lowest BCUT2D eigenvalue weighted by Crippen LogP contribution is -2.27. The molecule has 0 aliphatic heterocycles. The van der Waals surface area contributed by atoms with Crippen molar-refractivity contribution >= 4 is 17.7 Å². The second kappa shape index (κ2) is 12.2. The van der Waals surface area contributed by atoms with Crippen molar-refractivity contribution < 1.29 is 19.6 Å². The Bertz CT molecular complexity index is 1090. The highest BCUT2D eigenvalue weighted by molar-refractivity contribution is 5.97. The highest BCUT2D eigenvalue weighted by atomic mass is 16.5. The van der Waals surface area contributed by atoms with E-state index >= 15 is 0 Å². The number of amides is 3. The molecule has 0 saturated heterocycles. The summed E-state index contributed by atoms with van der Waals surface area (Å²) in [5, 5.41) is 14.3. The summed E-state index contributed by atoms with van der Waals surface area (Å²) in [5.41, 5.74) is 5.63. The van der Waals surface area contributed by atoms with Crippen LogP contribution in [0.5, 0.6) is 0 Å². The zero-order valence-corrected chi connectivity index (χ0v) is 18.2. The van der Waals surface area contributed by atoms with Gasteiger partial charge in [-0.15, -0.1) is 0 Å². The first kappa shape index (κ1) is 23.7. The van der Waals surface area contributed by atoms with Gasteiger partial charge in [0.1, 0.15) is 0 Å². The van der Waals surface area contributed by atoms with Crippen molar-refractivity contribution in [1.82, 2.24) is 16.1 Å². The standard InChI is InChI=1S/C26H27N3O4/c30-24(12-7-13-25(31)29-33)27-18-22-15-14-21(20-10-5-2-6-11-20)16-23(22)26(32)28-17-19-8-3-1-4-9-19/h1-6,8-11,14-16,33H,7,12-13,17-18H2,(H,27,30)(H,28,32)(H,29,31). The first-order chi connectivity index (χ1) is 16.1. The first-order valence-corrected chi connectivity index (χ1v) is 10.8. The number of hydroxylamine groups is 1. The van der Waals surface area contributed by atoms with E-state index in [1.807, 2.05) is 78.9 Å². The van der Waals surface area contributed by atoms with E-state index in [2.05, 4.69) is 10.6 Å². The second-order valence-electron chi connectivity index (χ2n) is 7.57. The summed E-state index contributed by atoms with van der Waals surface area (Å²) in [6.07, 6.45) is 0.517. The molecule has 0 radical (unpaired) electrons. The van der Waals surface area contributed by atoms with Crippen molar-refractivity contribution in [2.24, 2.45) is 0 Å². The van der Waals surface area contributed by atoms with Crippen LogP contribution in [0.3, 0.4) is 0 Å². The molecule has 33 heavy (non-hydrogen) atoms. The largest absolute Gasteiger partial charge is 0.352 e. The molecule has 0 saturated carbocycles. The highest BCUT2D eigenvalue weighted by Gasteiger charge is 2.14. The van der Waals surface area contributed by atoms with Crippen molar-refractivity contribution in [2.75, 3.05) is 0 Å². The average molecular weight is 446 g/mol. The molecular formula is C26H27N3O4. The zero-order valence-electron chi connectivity index (χ0n) is 18.2. The third kappa shape index (κ3) is 7.29. The Morgan fingerprint density at radius 2 is 1.36 bits per heavy atom. The summed E-state index contributed by atoms with van der Waals surface area (Å²) >= 11 is 0.